The number of nitrogens with one attached hydrogen (secondary N) is 1. The Morgan fingerprint density at radius 1 is 1.39 bits per heavy atom. The molecule has 1 amide bonds. The second-order valence-corrected chi connectivity index (χ2v) is 5.92. The summed E-state index contributed by atoms with van der Waals surface area (Å²) < 4.78 is 0.977. The van der Waals surface area contributed by atoms with Crippen LogP contribution in [0.15, 0.2) is 28.7 Å². The van der Waals surface area contributed by atoms with Crippen LogP contribution in [0.3, 0.4) is 0 Å². The van der Waals surface area contributed by atoms with E-state index >= 15 is 0 Å². The van der Waals surface area contributed by atoms with E-state index in [1.54, 1.807) is 0 Å². The highest BCUT2D eigenvalue weighted by molar-refractivity contribution is 9.10. The summed E-state index contributed by atoms with van der Waals surface area (Å²) >= 11 is 3.39. The fraction of sp³-hybridized carbons (Fsp3) is 0.500. The number of benzene rings is 1. The van der Waals surface area contributed by atoms with Crippen LogP contribution in [0.1, 0.15) is 31.2 Å². The Morgan fingerprint density at radius 2 is 2.11 bits per heavy atom. The van der Waals surface area contributed by atoms with Crippen LogP contribution in [0, 0.1) is 0 Å². The lowest BCUT2D eigenvalue weighted by Crippen LogP contribution is -2.49. The molecular formula is C14H18BrNO2. The lowest BCUT2D eigenvalue weighted by Gasteiger charge is -2.28. The molecule has 1 aliphatic carbocycles. The molecule has 1 aromatic rings. The van der Waals surface area contributed by atoms with E-state index in [0.29, 0.717) is 6.42 Å². The number of aliphatic hydroxyl groups is 1. The van der Waals surface area contributed by atoms with Gasteiger partial charge >= 0.3 is 0 Å². The molecule has 1 saturated carbocycles. The number of carbonyl (C=O) groups is 1. The average Bonchev–Trinajstić information content (AvgIpc) is 2.78. The minimum absolute atomic E-state index is 0.0101. The molecule has 0 radical (unpaired) electrons. The third-order valence-corrected chi connectivity index (χ3v) is 4.01. The molecule has 0 aliphatic heterocycles. The van der Waals surface area contributed by atoms with Gasteiger partial charge in [-0.3, -0.25) is 4.79 Å². The maximum Gasteiger partial charge on any atom is 0.224 e. The first-order valence-electron chi connectivity index (χ1n) is 6.30. The van der Waals surface area contributed by atoms with Crippen molar-refractivity contribution in [2.24, 2.45) is 0 Å². The highest BCUT2D eigenvalue weighted by Crippen LogP contribution is 2.29. The summed E-state index contributed by atoms with van der Waals surface area (Å²) in [4.78, 5) is 12.0. The second kappa shape index (κ2) is 5.85. The third kappa shape index (κ3) is 3.33. The minimum atomic E-state index is -0.372. The van der Waals surface area contributed by atoms with Crippen molar-refractivity contribution in [3.8, 4) is 0 Å². The smallest absolute Gasteiger partial charge is 0.224 e. The molecule has 0 heterocycles. The highest BCUT2D eigenvalue weighted by Gasteiger charge is 2.34. The van der Waals surface area contributed by atoms with E-state index in [2.05, 4.69) is 21.2 Å². The Hall–Kier alpha value is -0.870. The van der Waals surface area contributed by atoms with Gasteiger partial charge in [-0.2, -0.15) is 0 Å². The highest BCUT2D eigenvalue weighted by atomic mass is 79.9. The van der Waals surface area contributed by atoms with E-state index in [9.17, 15) is 9.90 Å². The van der Waals surface area contributed by atoms with Crippen molar-refractivity contribution < 1.29 is 9.90 Å². The zero-order chi connectivity index (χ0) is 13.0. The molecule has 2 rings (SSSR count). The monoisotopic (exact) mass is 311 g/mol. The van der Waals surface area contributed by atoms with E-state index in [4.69, 9.17) is 0 Å². The van der Waals surface area contributed by atoms with Crippen LogP contribution in [0.25, 0.3) is 0 Å². The maximum absolute atomic E-state index is 12.0. The van der Waals surface area contributed by atoms with Crippen molar-refractivity contribution in [2.75, 3.05) is 6.61 Å². The quantitative estimate of drug-likeness (QED) is 0.897. The molecule has 0 aromatic heterocycles. The van der Waals surface area contributed by atoms with Crippen LogP contribution in [0.5, 0.6) is 0 Å². The summed E-state index contributed by atoms with van der Waals surface area (Å²) in [5.41, 5.74) is 0.608. The lowest BCUT2D eigenvalue weighted by atomic mass is 9.98. The van der Waals surface area contributed by atoms with Gasteiger partial charge in [-0.05, 0) is 30.5 Å². The molecule has 0 spiro atoms. The molecule has 98 valence electrons. The van der Waals surface area contributed by atoms with Gasteiger partial charge < -0.3 is 10.4 Å². The number of halogens is 1. The van der Waals surface area contributed by atoms with Crippen molar-refractivity contribution in [3.63, 3.8) is 0 Å². The Kier molecular flexibility index (Phi) is 4.40. The van der Waals surface area contributed by atoms with Crippen LogP contribution in [0.4, 0.5) is 0 Å². The molecule has 1 fully saturated rings. The standard InChI is InChI=1S/C14H18BrNO2/c15-12-5-3-4-11(8-12)9-13(18)16-14(10-17)6-1-2-7-14/h3-5,8,17H,1-2,6-7,9-10H2,(H,16,18). The molecule has 0 saturated heterocycles. The van der Waals surface area contributed by atoms with Gasteiger partial charge in [0.25, 0.3) is 0 Å². The van der Waals surface area contributed by atoms with Gasteiger partial charge in [-0.25, -0.2) is 0 Å². The fourth-order valence-corrected chi connectivity index (χ4v) is 2.99. The molecule has 0 unspecified atom stereocenters. The average molecular weight is 312 g/mol. The summed E-state index contributed by atoms with van der Waals surface area (Å²) in [6, 6.07) is 7.74. The van der Waals surface area contributed by atoms with Crippen molar-refractivity contribution in [1.82, 2.24) is 5.32 Å². The van der Waals surface area contributed by atoms with Crippen molar-refractivity contribution in [2.45, 2.75) is 37.6 Å². The molecule has 3 nitrogen and oxygen atoms in total. The maximum atomic E-state index is 12.0. The summed E-state index contributed by atoms with van der Waals surface area (Å²) in [6.45, 7) is 0.0389. The first kappa shape index (κ1) is 13.6. The summed E-state index contributed by atoms with van der Waals surface area (Å²) in [6.07, 6.45) is 4.29. The summed E-state index contributed by atoms with van der Waals surface area (Å²) in [5, 5.41) is 12.5. The molecule has 4 heteroatoms. The minimum Gasteiger partial charge on any atom is -0.394 e. The molecule has 1 aromatic carbocycles. The zero-order valence-corrected chi connectivity index (χ0v) is 11.9. The topological polar surface area (TPSA) is 49.3 Å². The lowest BCUT2D eigenvalue weighted by molar-refractivity contribution is -0.122. The molecule has 2 N–H and O–H groups in total. The van der Waals surface area contributed by atoms with Gasteiger partial charge in [0, 0.05) is 4.47 Å². The number of hydrogen-bond donors (Lipinski definition) is 2. The normalized spacial score (nSPS) is 17.7. The van der Waals surface area contributed by atoms with Gasteiger partial charge in [0.1, 0.15) is 0 Å². The first-order valence-corrected chi connectivity index (χ1v) is 7.09. The van der Waals surface area contributed by atoms with Crippen LogP contribution in [-0.4, -0.2) is 23.2 Å². The Bertz CT molecular complexity index is 428. The number of aliphatic hydroxyl groups excluding tert-OH is 1. The molecule has 1 aliphatic rings. The van der Waals surface area contributed by atoms with E-state index in [1.807, 2.05) is 24.3 Å². The Morgan fingerprint density at radius 3 is 2.72 bits per heavy atom. The van der Waals surface area contributed by atoms with E-state index in [1.165, 1.54) is 0 Å². The Labute approximate surface area is 116 Å². The third-order valence-electron chi connectivity index (χ3n) is 3.52. The van der Waals surface area contributed by atoms with Gasteiger partial charge in [0.05, 0.1) is 18.6 Å². The van der Waals surface area contributed by atoms with Crippen LogP contribution in [-0.2, 0) is 11.2 Å². The van der Waals surface area contributed by atoms with Crippen molar-refractivity contribution >= 4 is 21.8 Å². The number of hydrogen-bond acceptors (Lipinski definition) is 2. The van der Waals surface area contributed by atoms with E-state index in [-0.39, 0.29) is 18.1 Å². The molecular weight excluding hydrogens is 294 g/mol. The van der Waals surface area contributed by atoms with Gasteiger partial charge in [-0.15, -0.1) is 0 Å². The van der Waals surface area contributed by atoms with Crippen LogP contribution >= 0.6 is 15.9 Å². The van der Waals surface area contributed by atoms with Crippen molar-refractivity contribution in [3.05, 3.63) is 34.3 Å². The number of carbonyl (C=O) groups excluding carboxylic acids is 1. The first-order chi connectivity index (χ1) is 8.63. The zero-order valence-electron chi connectivity index (χ0n) is 10.3. The van der Waals surface area contributed by atoms with E-state index in [0.717, 1.165) is 35.7 Å². The molecule has 18 heavy (non-hydrogen) atoms. The van der Waals surface area contributed by atoms with Crippen LogP contribution in [0.2, 0.25) is 0 Å². The molecule has 0 atom stereocenters. The number of amides is 1. The number of rotatable bonds is 4. The van der Waals surface area contributed by atoms with Crippen molar-refractivity contribution in [1.29, 1.82) is 0 Å². The predicted octanol–water partition coefficient (Wildman–Crippen LogP) is 2.41. The fourth-order valence-electron chi connectivity index (χ4n) is 2.55. The molecule has 0 bridgehead atoms. The van der Waals surface area contributed by atoms with E-state index < -0.39 is 0 Å². The van der Waals surface area contributed by atoms with Gasteiger partial charge in [0.15, 0.2) is 0 Å². The second-order valence-electron chi connectivity index (χ2n) is 5.00. The Balaban J connectivity index is 1.96. The largest absolute Gasteiger partial charge is 0.394 e. The summed E-state index contributed by atoms with van der Waals surface area (Å²) in [5.74, 6) is -0.0101. The SMILES string of the molecule is O=C(Cc1cccc(Br)c1)NC1(CO)CCCC1. The predicted molar refractivity (Wildman–Crippen MR) is 74.3 cm³/mol. The van der Waals surface area contributed by atoms with Gasteiger partial charge in [0.2, 0.25) is 5.91 Å². The van der Waals surface area contributed by atoms with Gasteiger partial charge in [-0.1, -0.05) is 40.9 Å². The summed E-state index contributed by atoms with van der Waals surface area (Å²) in [7, 11) is 0. The van der Waals surface area contributed by atoms with Crippen LogP contribution < -0.4 is 5.32 Å².